The second-order valence-electron chi connectivity index (χ2n) is 7.41. The molecule has 2 aliphatic rings. The number of amides is 1. The molecule has 2 aromatic heterocycles. The van der Waals surface area contributed by atoms with E-state index in [4.69, 9.17) is 9.47 Å². The summed E-state index contributed by atoms with van der Waals surface area (Å²) in [4.78, 5) is 22.4. The van der Waals surface area contributed by atoms with Gasteiger partial charge in [-0.15, -0.1) is 11.3 Å². The molecule has 5 rings (SSSR count). The zero-order valence-electron chi connectivity index (χ0n) is 16.2. The number of aromatic nitrogens is 2. The maximum atomic E-state index is 12.3. The second-order valence-corrected chi connectivity index (χ2v) is 8.44. The Morgan fingerprint density at radius 3 is 2.63 bits per heavy atom. The number of thiophene rings is 1. The van der Waals surface area contributed by atoms with Crippen molar-refractivity contribution in [2.24, 2.45) is 0 Å². The van der Waals surface area contributed by atoms with Crippen LogP contribution in [0.15, 0.2) is 60.1 Å². The third-order valence-corrected chi connectivity index (χ3v) is 6.23. The van der Waals surface area contributed by atoms with Crippen molar-refractivity contribution >= 4 is 23.2 Å². The molecule has 0 bridgehead atoms. The molecule has 0 radical (unpaired) electrons. The van der Waals surface area contributed by atoms with Crippen LogP contribution in [0.3, 0.4) is 0 Å². The van der Waals surface area contributed by atoms with Crippen LogP contribution in [0.1, 0.15) is 4.88 Å². The van der Waals surface area contributed by atoms with Gasteiger partial charge in [0.15, 0.2) is 0 Å². The van der Waals surface area contributed by atoms with Gasteiger partial charge in [-0.25, -0.2) is 9.97 Å². The highest BCUT2D eigenvalue weighted by molar-refractivity contribution is 7.10. The van der Waals surface area contributed by atoms with Crippen molar-refractivity contribution in [1.82, 2.24) is 15.3 Å². The fourth-order valence-electron chi connectivity index (χ4n) is 3.94. The highest BCUT2D eigenvalue weighted by atomic mass is 32.1. The number of benzene rings is 1. The number of nitrogens with zero attached hydrogens (tertiary/aromatic N) is 2. The predicted molar refractivity (Wildman–Crippen MR) is 114 cm³/mol. The molecule has 4 heterocycles. The number of ether oxygens (including phenoxy) is 2. The van der Waals surface area contributed by atoms with E-state index in [0.717, 1.165) is 16.1 Å². The lowest BCUT2D eigenvalue weighted by molar-refractivity contribution is -0.121. The number of nitrogens with one attached hydrogen (secondary N) is 2. The molecule has 2 N–H and O–H groups in total. The highest BCUT2D eigenvalue weighted by Crippen LogP contribution is 2.29. The summed E-state index contributed by atoms with van der Waals surface area (Å²) in [5, 5.41) is 8.39. The third-order valence-electron chi connectivity index (χ3n) is 5.35. The van der Waals surface area contributed by atoms with Gasteiger partial charge in [0.05, 0.1) is 37.4 Å². The summed E-state index contributed by atoms with van der Waals surface area (Å²) in [7, 11) is 0. The van der Waals surface area contributed by atoms with Gasteiger partial charge >= 0.3 is 0 Å². The summed E-state index contributed by atoms with van der Waals surface area (Å²) in [5.41, 5.74) is 1.89. The molecule has 154 valence electrons. The van der Waals surface area contributed by atoms with Gasteiger partial charge in [0.2, 0.25) is 11.9 Å². The van der Waals surface area contributed by atoms with E-state index in [2.05, 4.69) is 20.6 Å². The van der Waals surface area contributed by atoms with Crippen LogP contribution in [-0.2, 0) is 20.7 Å². The molecule has 1 amide bonds. The van der Waals surface area contributed by atoms with Crippen LogP contribution in [0.4, 0.5) is 5.95 Å². The van der Waals surface area contributed by atoms with Crippen LogP contribution in [-0.4, -0.2) is 53.4 Å². The SMILES string of the molecule is O=C(Cc1cccs1)NC1COC2C(Nc3nccc(-c4ccccc4)n3)COC12. The first-order valence-corrected chi connectivity index (χ1v) is 10.8. The zero-order valence-corrected chi connectivity index (χ0v) is 17.0. The van der Waals surface area contributed by atoms with E-state index in [1.165, 1.54) is 0 Å². The van der Waals surface area contributed by atoms with Crippen LogP contribution in [0.2, 0.25) is 0 Å². The van der Waals surface area contributed by atoms with Gasteiger partial charge in [-0.2, -0.15) is 0 Å². The number of hydrogen-bond acceptors (Lipinski definition) is 7. The van der Waals surface area contributed by atoms with E-state index in [1.807, 2.05) is 53.9 Å². The lowest BCUT2D eigenvalue weighted by atomic mass is 10.1. The summed E-state index contributed by atoms with van der Waals surface area (Å²) in [6.07, 6.45) is 1.80. The van der Waals surface area contributed by atoms with E-state index >= 15 is 0 Å². The Morgan fingerprint density at radius 1 is 1.03 bits per heavy atom. The monoisotopic (exact) mass is 422 g/mol. The minimum Gasteiger partial charge on any atom is -0.371 e. The molecule has 8 heteroatoms. The normalized spacial score (nSPS) is 25.1. The van der Waals surface area contributed by atoms with Crippen molar-refractivity contribution in [2.75, 3.05) is 18.5 Å². The first kappa shape index (κ1) is 19.2. The quantitative estimate of drug-likeness (QED) is 0.635. The molecule has 4 atom stereocenters. The van der Waals surface area contributed by atoms with Gasteiger partial charge in [0, 0.05) is 16.6 Å². The Morgan fingerprint density at radius 2 is 1.83 bits per heavy atom. The average Bonchev–Trinajstić information content (AvgIpc) is 3.50. The van der Waals surface area contributed by atoms with Crippen molar-refractivity contribution in [2.45, 2.75) is 30.7 Å². The first-order chi connectivity index (χ1) is 14.8. The van der Waals surface area contributed by atoms with Gasteiger partial charge in [-0.3, -0.25) is 4.79 Å². The van der Waals surface area contributed by atoms with Crippen molar-refractivity contribution < 1.29 is 14.3 Å². The van der Waals surface area contributed by atoms with Gasteiger partial charge in [0.1, 0.15) is 12.2 Å². The smallest absolute Gasteiger partial charge is 0.225 e. The van der Waals surface area contributed by atoms with Crippen molar-refractivity contribution in [3.05, 3.63) is 65.0 Å². The van der Waals surface area contributed by atoms with Gasteiger partial charge < -0.3 is 20.1 Å². The first-order valence-electron chi connectivity index (χ1n) is 9.96. The van der Waals surface area contributed by atoms with E-state index in [9.17, 15) is 4.79 Å². The Hall–Kier alpha value is -2.81. The Kier molecular flexibility index (Phi) is 5.44. The Labute approximate surface area is 178 Å². The highest BCUT2D eigenvalue weighted by Gasteiger charge is 2.48. The molecule has 2 aliphatic heterocycles. The van der Waals surface area contributed by atoms with E-state index in [0.29, 0.717) is 25.6 Å². The molecular formula is C22H22N4O3S. The molecule has 2 saturated heterocycles. The van der Waals surface area contributed by atoms with E-state index < -0.39 is 0 Å². The Bertz CT molecular complexity index is 999. The van der Waals surface area contributed by atoms with Crippen LogP contribution in [0.5, 0.6) is 0 Å². The number of hydrogen-bond donors (Lipinski definition) is 2. The molecule has 3 aromatic rings. The number of carbonyl (C=O) groups excluding carboxylic acids is 1. The van der Waals surface area contributed by atoms with Gasteiger partial charge in [-0.1, -0.05) is 36.4 Å². The summed E-state index contributed by atoms with van der Waals surface area (Å²) in [5.74, 6) is 0.532. The number of carbonyl (C=O) groups is 1. The third kappa shape index (κ3) is 4.07. The molecular weight excluding hydrogens is 400 g/mol. The topological polar surface area (TPSA) is 85.4 Å². The number of anilines is 1. The van der Waals surface area contributed by atoms with E-state index in [-0.39, 0.29) is 30.2 Å². The number of fused-ring (bicyclic) bond motifs is 1. The molecule has 7 nitrogen and oxygen atoms in total. The van der Waals surface area contributed by atoms with E-state index in [1.54, 1.807) is 17.5 Å². The van der Waals surface area contributed by atoms with Crippen molar-refractivity contribution in [3.8, 4) is 11.3 Å². The summed E-state index contributed by atoms with van der Waals surface area (Å²) < 4.78 is 11.9. The molecule has 30 heavy (non-hydrogen) atoms. The van der Waals surface area contributed by atoms with Gasteiger partial charge in [0.25, 0.3) is 0 Å². The van der Waals surface area contributed by atoms with Gasteiger partial charge in [-0.05, 0) is 17.5 Å². The summed E-state index contributed by atoms with van der Waals surface area (Å²) in [6.45, 7) is 0.917. The molecule has 0 aliphatic carbocycles. The van der Waals surface area contributed by atoms with Crippen LogP contribution in [0, 0.1) is 0 Å². The fraction of sp³-hybridized carbons (Fsp3) is 0.318. The molecule has 0 spiro atoms. The average molecular weight is 423 g/mol. The zero-order chi connectivity index (χ0) is 20.3. The maximum absolute atomic E-state index is 12.3. The predicted octanol–water partition coefficient (Wildman–Crippen LogP) is 2.51. The Balaban J connectivity index is 1.21. The lowest BCUT2D eigenvalue weighted by Gasteiger charge is -2.18. The molecule has 2 fully saturated rings. The summed E-state index contributed by atoms with van der Waals surface area (Å²) >= 11 is 1.58. The minimum absolute atomic E-state index is 0.00870. The largest absolute Gasteiger partial charge is 0.371 e. The fourth-order valence-corrected chi connectivity index (χ4v) is 4.64. The maximum Gasteiger partial charge on any atom is 0.225 e. The minimum atomic E-state index is -0.174. The van der Waals surface area contributed by atoms with Crippen molar-refractivity contribution in [3.63, 3.8) is 0 Å². The van der Waals surface area contributed by atoms with Crippen LogP contribution in [0.25, 0.3) is 11.3 Å². The van der Waals surface area contributed by atoms with Crippen LogP contribution >= 0.6 is 11.3 Å². The second kappa shape index (κ2) is 8.51. The standard InChI is InChI=1S/C22H22N4O3S/c27-19(11-15-7-4-10-30-15)24-17-12-28-21-18(13-29-20(17)21)26-22-23-9-8-16(25-22)14-5-2-1-3-6-14/h1-10,17-18,20-21H,11-13H2,(H,24,27)(H,23,25,26). The van der Waals surface area contributed by atoms with Crippen molar-refractivity contribution in [1.29, 1.82) is 0 Å². The molecule has 4 unspecified atom stereocenters. The lowest BCUT2D eigenvalue weighted by Crippen LogP contribution is -2.45. The number of rotatable bonds is 6. The summed E-state index contributed by atoms with van der Waals surface area (Å²) in [6, 6.07) is 15.6. The van der Waals surface area contributed by atoms with Crippen LogP contribution < -0.4 is 10.6 Å². The molecule has 0 saturated carbocycles. The molecule has 1 aromatic carbocycles.